The molecule has 2 rings (SSSR count). The van der Waals surface area contributed by atoms with Crippen LogP contribution < -0.4 is 10.5 Å². The molecule has 5 heteroatoms. The number of benzene rings is 1. The molecule has 0 aliphatic rings. The van der Waals surface area contributed by atoms with Gasteiger partial charge in [-0.05, 0) is 44.5 Å². The molecule has 0 radical (unpaired) electrons. The maximum absolute atomic E-state index is 5.94. The van der Waals surface area contributed by atoms with Crippen LogP contribution in [0.4, 0.5) is 0 Å². The molecule has 104 valence electrons. The molecule has 0 aliphatic heterocycles. The van der Waals surface area contributed by atoms with Crippen LogP contribution in [0.2, 0.25) is 0 Å². The Kier molecular flexibility index (Phi) is 4.40. The summed E-state index contributed by atoms with van der Waals surface area (Å²) in [6.07, 6.45) is 0. The summed E-state index contributed by atoms with van der Waals surface area (Å²) in [5, 5.41) is 0. The van der Waals surface area contributed by atoms with E-state index in [0.29, 0.717) is 16.3 Å². The number of ether oxygens (including phenoxy) is 1. The molecule has 2 aromatic rings. The average Bonchev–Trinajstić information content (AvgIpc) is 2.32. The highest BCUT2D eigenvalue weighted by molar-refractivity contribution is 9.10. The van der Waals surface area contributed by atoms with Crippen molar-refractivity contribution in [1.82, 2.24) is 4.98 Å². The van der Waals surface area contributed by atoms with E-state index in [0.717, 1.165) is 27.2 Å². The van der Waals surface area contributed by atoms with Gasteiger partial charge < -0.3 is 10.5 Å². The van der Waals surface area contributed by atoms with Gasteiger partial charge >= 0.3 is 0 Å². The summed E-state index contributed by atoms with van der Waals surface area (Å²) >= 11 is 8.56. The van der Waals surface area contributed by atoms with Gasteiger partial charge in [-0.25, -0.2) is 0 Å². The predicted octanol–water partition coefficient (Wildman–Crippen LogP) is 4.20. The molecule has 0 saturated heterocycles. The molecular weight excluding hydrogens is 336 g/mol. The molecule has 0 bridgehead atoms. The number of aromatic nitrogens is 1. The van der Waals surface area contributed by atoms with E-state index in [9.17, 15) is 0 Å². The number of halogens is 1. The normalized spacial score (nSPS) is 10.4. The van der Waals surface area contributed by atoms with Gasteiger partial charge in [0.25, 0.3) is 0 Å². The Labute approximate surface area is 132 Å². The van der Waals surface area contributed by atoms with Gasteiger partial charge in [-0.3, -0.25) is 4.98 Å². The molecule has 1 heterocycles. The lowest BCUT2D eigenvalue weighted by Gasteiger charge is -2.14. The molecule has 0 atom stereocenters. The molecule has 0 saturated carbocycles. The van der Waals surface area contributed by atoms with E-state index in [1.807, 2.05) is 45.0 Å². The molecule has 1 aromatic heterocycles. The van der Waals surface area contributed by atoms with E-state index in [1.165, 1.54) is 0 Å². The zero-order chi connectivity index (χ0) is 14.9. The van der Waals surface area contributed by atoms with Crippen LogP contribution in [0.15, 0.2) is 28.7 Å². The first-order chi connectivity index (χ1) is 9.38. The minimum Gasteiger partial charge on any atom is -0.456 e. The van der Waals surface area contributed by atoms with Crippen molar-refractivity contribution in [3.8, 4) is 11.5 Å². The minimum absolute atomic E-state index is 0.291. The highest BCUT2D eigenvalue weighted by Crippen LogP contribution is 2.30. The van der Waals surface area contributed by atoms with E-state index >= 15 is 0 Å². The Morgan fingerprint density at radius 3 is 2.55 bits per heavy atom. The number of rotatable bonds is 3. The zero-order valence-corrected chi connectivity index (χ0v) is 13.9. The van der Waals surface area contributed by atoms with Crippen LogP contribution in [0.5, 0.6) is 11.5 Å². The molecule has 0 spiro atoms. The Balaban J connectivity index is 2.47. The van der Waals surface area contributed by atoms with Gasteiger partial charge in [-0.1, -0.05) is 28.1 Å². The lowest BCUT2D eigenvalue weighted by Crippen LogP contribution is -2.14. The van der Waals surface area contributed by atoms with Crippen LogP contribution in [0, 0.1) is 20.8 Å². The number of nitrogens with zero attached hydrogens (tertiary/aromatic N) is 1. The van der Waals surface area contributed by atoms with Crippen LogP contribution in [-0.4, -0.2) is 9.97 Å². The van der Waals surface area contributed by atoms with E-state index in [1.54, 1.807) is 0 Å². The second-order valence-corrected chi connectivity index (χ2v) is 5.89. The smallest absolute Gasteiger partial charge is 0.141 e. The summed E-state index contributed by atoms with van der Waals surface area (Å²) in [5.41, 5.74) is 9.21. The quantitative estimate of drug-likeness (QED) is 0.842. The molecular formula is C15H15BrN2OS. The zero-order valence-electron chi connectivity index (χ0n) is 11.5. The van der Waals surface area contributed by atoms with Gasteiger partial charge in [-0.15, -0.1) is 0 Å². The van der Waals surface area contributed by atoms with Crippen LogP contribution >= 0.6 is 28.1 Å². The number of hydrogen-bond donors (Lipinski definition) is 1. The second-order valence-electron chi connectivity index (χ2n) is 4.60. The molecule has 0 unspecified atom stereocenters. The average molecular weight is 351 g/mol. The largest absolute Gasteiger partial charge is 0.456 e. The highest BCUT2D eigenvalue weighted by atomic mass is 79.9. The Hall–Kier alpha value is -1.46. The van der Waals surface area contributed by atoms with Gasteiger partial charge in [0, 0.05) is 16.2 Å². The lowest BCUT2D eigenvalue weighted by atomic mass is 10.1. The van der Waals surface area contributed by atoms with Crippen molar-refractivity contribution in [2.45, 2.75) is 20.8 Å². The first-order valence-corrected chi connectivity index (χ1v) is 7.30. The number of hydrogen-bond acceptors (Lipinski definition) is 3. The SMILES string of the molecule is Cc1cc(Oc2ccc(Br)c(C)c2)c(C(N)=S)c(C)n1. The number of thiocarbonyl (C=S) groups is 1. The number of pyridine rings is 1. The fourth-order valence-corrected chi connectivity index (χ4v) is 2.48. The summed E-state index contributed by atoms with van der Waals surface area (Å²) in [6, 6.07) is 7.65. The first kappa shape index (κ1) is 14.9. The Morgan fingerprint density at radius 2 is 1.95 bits per heavy atom. The van der Waals surface area contributed by atoms with Crippen molar-refractivity contribution in [3.05, 3.63) is 51.3 Å². The third kappa shape index (κ3) is 3.16. The molecule has 1 aromatic carbocycles. The van der Waals surface area contributed by atoms with Gasteiger partial charge in [-0.2, -0.15) is 0 Å². The summed E-state index contributed by atoms with van der Waals surface area (Å²) in [6.45, 7) is 5.80. The molecule has 3 nitrogen and oxygen atoms in total. The summed E-state index contributed by atoms with van der Waals surface area (Å²) in [5.74, 6) is 1.39. The monoisotopic (exact) mass is 350 g/mol. The van der Waals surface area contributed by atoms with Crippen LogP contribution in [0.3, 0.4) is 0 Å². The van der Waals surface area contributed by atoms with Gasteiger partial charge in [0.15, 0.2) is 0 Å². The van der Waals surface area contributed by atoms with Crippen LogP contribution in [0.25, 0.3) is 0 Å². The van der Waals surface area contributed by atoms with Crippen LogP contribution in [-0.2, 0) is 0 Å². The van der Waals surface area contributed by atoms with Crippen molar-refractivity contribution in [1.29, 1.82) is 0 Å². The molecule has 0 amide bonds. The van der Waals surface area contributed by atoms with E-state index < -0.39 is 0 Å². The molecule has 2 N–H and O–H groups in total. The fraction of sp³-hybridized carbons (Fsp3) is 0.200. The molecule has 20 heavy (non-hydrogen) atoms. The second kappa shape index (κ2) is 5.89. The Morgan fingerprint density at radius 1 is 1.25 bits per heavy atom. The topological polar surface area (TPSA) is 48.1 Å². The van der Waals surface area contributed by atoms with Crippen molar-refractivity contribution < 1.29 is 4.74 Å². The molecule has 0 fully saturated rings. The van der Waals surface area contributed by atoms with E-state index in [4.69, 9.17) is 22.7 Å². The fourth-order valence-electron chi connectivity index (χ4n) is 1.98. The summed E-state index contributed by atoms with van der Waals surface area (Å²) in [4.78, 5) is 4.66. The van der Waals surface area contributed by atoms with Crippen LogP contribution in [0.1, 0.15) is 22.5 Å². The van der Waals surface area contributed by atoms with Gasteiger partial charge in [0.1, 0.15) is 16.5 Å². The maximum Gasteiger partial charge on any atom is 0.141 e. The Bertz CT molecular complexity index is 686. The highest BCUT2D eigenvalue weighted by Gasteiger charge is 2.13. The van der Waals surface area contributed by atoms with Gasteiger partial charge in [0.2, 0.25) is 0 Å². The third-order valence-electron chi connectivity index (χ3n) is 2.90. The van der Waals surface area contributed by atoms with Crippen molar-refractivity contribution in [3.63, 3.8) is 0 Å². The standard InChI is InChI=1S/C15H15BrN2OS/c1-8-6-11(4-5-12(8)16)19-13-7-9(2)18-10(3)14(13)15(17)20/h4-7H,1-3H3,(H2,17,20). The minimum atomic E-state index is 0.291. The number of nitrogens with two attached hydrogens (primary N) is 1. The molecule has 0 aliphatic carbocycles. The lowest BCUT2D eigenvalue weighted by molar-refractivity contribution is 0.479. The third-order valence-corrected chi connectivity index (χ3v) is 3.99. The van der Waals surface area contributed by atoms with Crippen molar-refractivity contribution in [2.24, 2.45) is 5.73 Å². The first-order valence-electron chi connectivity index (χ1n) is 6.10. The van der Waals surface area contributed by atoms with Crippen molar-refractivity contribution in [2.75, 3.05) is 0 Å². The van der Waals surface area contributed by atoms with E-state index in [-0.39, 0.29) is 0 Å². The maximum atomic E-state index is 5.94. The van der Waals surface area contributed by atoms with Crippen molar-refractivity contribution >= 4 is 33.1 Å². The number of aryl methyl sites for hydroxylation is 3. The van der Waals surface area contributed by atoms with Gasteiger partial charge in [0.05, 0.1) is 11.3 Å². The predicted molar refractivity (Wildman–Crippen MR) is 88.6 cm³/mol. The summed E-state index contributed by atoms with van der Waals surface area (Å²) < 4.78 is 6.98. The van der Waals surface area contributed by atoms with E-state index in [2.05, 4.69) is 20.9 Å². The summed E-state index contributed by atoms with van der Waals surface area (Å²) in [7, 11) is 0.